The lowest BCUT2D eigenvalue weighted by Gasteiger charge is -2.17. The Morgan fingerprint density at radius 3 is 2.88 bits per heavy atom. The van der Waals surface area contributed by atoms with E-state index >= 15 is 0 Å². The molecule has 1 heterocycles. The van der Waals surface area contributed by atoms with E-state index in [1.165, 1.54) is 5.56 Å². The second-order valence-corrected chi connectivity index (χ2v) is 6.20. The fraction of sp³-hybridized carbons (Fsp3) is 0.300. The number of amides is 1. The number of nitrogens with one attached hydrogen (secondary N) is 1. The van der Waals surface area contributed by atoms with Gasteiger partial charge in [0.1, 0.15) is 5.75 Å². The van der Waals surface area contributed by atoms with E-state index in [4.69, 9.17) is 10.00 Å². The van der Waals surface area contributed by atoms with Crippen molar-refractivity contribution in [3.63, 3.8) is 0 Å². The summed E-state index contributed by atoms with van der Waals surface area (Å²) in [6.07, 6.45) is 0.947. The summed E-state index contributed by atoms with van der Waals surface area (Å²) in [5.41, 5.74) is 1.81. The molecule has 5 heteroatoms. The predicted octanol–water partition coefficient (Wildman–Crippen LogP) is 2.33. The molecule has 0 saturated carbocycles. The second kappa shape index (κ2) is 8.32. The van der Waals surface area contributed by atoms with Crippen molar-refractivity contribution in [2.24, 2.45) is 0 Å². The molecule has 3 rings (SSSR count). The van der Waals surface area contributed by atoms with Crippen LogP contribution >= 0.6 is 0 Å². The van der Waals surface area contributed by atoms with Crippen LogP contribution in [-0.2, 0) is 11.3 Å². The lowest BCUT2D eigenvalue weighted by molar-refractivity contribution is -0.123. The summed E-state index contributed by atoms with van der Waals surface area (Å²) < 4.78 is 5.47. The number of hydrogen-bond donors (Lipinski definition) is 1. The average Bonchev–Trinajstić information content (AvgIpc) is 3.08. The van der Waals surface area contributed by atoms with E-state index in [0.717, 1.165) is 26.1 Å². The molecule has 128 valence electrons. The quantitative estimate of drug-likeness (QED) is 0.880. The summed E-state index contributed by atoms with van der Waals surface area (Å²) >= 11 is 0. The number of carbonyl (C=O) groups excluding carboxylic acids is 1. The fourth-order valence-electron chi connectivity index (χ4n) is 3.01. The van der Waals surface area contributed by atoms with Crippen LogP contribution < -0.4 is 10.1 Å². The van der Waals surface area contributed by atoms with Gasteiger partial charge in [-0.25, -0.2) is 0 Å². The largest absolute Gasteiger partial charge is 0.484 e. The summed E-state index contributed by atoms with van der Waals surface area (Å²) in [6.45, 7) is 2.70. The number of likely N-dealkylation sites (tertiary alicyclic amines) is 1. The van der Waals surface area contributed by atoms with Gasteiger partial charge in [-0.2, -0.15) is 5.26 Å². The summed E-state index contributed by atoms with van der Waals surface area (Å²) in [7, 11) is 0. The van der Waals surface area contributed by atoms with Crippen LogP contribution in [-0.4, -0.2) is 36.5 Å². The van der Waals surface area contributed by atoms with E-state index < -0.39 is 0 Å². The van der Waals surface area contributed by atoms with Crippen LogP contribution in [0.3, 0.4) is 0 Å². The van der Waals surface area contributed by atoms with Crippen molar-refractivity contribution < 1.29 is 9.53 Å². The van der Waals surface area contributed by atoms with Crippen LogP contribution in [0.4, 0.5) is 0 Å². The normalized spacial score (nSPS) is 17.0. The monoisotopic (exact) mass is 335 g/mol. The molecule has 2 aromatic rings. The minimum atomic E-state index is -0.131. The smallest absolute Gasteiger partial charge is 0.258 e. The van der Waals surface area contributed by atoms with E-state index in [-0.39, 0.29) is 18.6 Å². The Hall–Kier alpha value is -2.84. The summed E-state index contributed by atoms with van der Waals surface area (Å²) in [5, 5.41) is 11.9. The lowest BCUT2D eigenvalue weighted by Crippen LogP contribution is -2.39. The van der Waals surface area contributed by atoms with E-state index in [2.05, 4.69) is 28.4 Å². The highest BCUT2D eigenvalue weighted by molar-refractivity contribution is 5.77. The van der Waals surface area contributed by atoms with Crippen molar-refractivity contribution in [2.45, 2.75) is 19.0 Å². The second-order valence-electron chi connectivity index (χ2n) is 6.20. The molecule has 2 aromatic carbocycles. The zero-order valence-corrected chi connectivity index (χ0v) is 14.0. The Kier molecular flexibility index (Phi) is 5.65. The topological polar surface area (TPSA) is 65.4 Å². The highest BCUT2D eigenvalue weighted by atomic mass is 16.5. The molecule has 1 atom stereocenters. The van der Waals surface area contributed by atoms with Crippen LogP contribution in [0.15, 0.2) is 54.6 Å². The van der Waals surface area contributed by atoms with E-state index in [0.29, 0.717) is 11.3 Å². The maximum atomic E-state index is 12.1. The van der Waals surface area contributed by atoms with Crippen molar-refractivity contribution in [3.8, 4) is 11.8 Å². The maximum Gasteiger partial charge on any atom is 0.258 e. The highest BCUT2D eigenvalue weighted by Crippen LogP contribution is 2.14. The van der Waals surface area contributed by atoms with Gasteiger partial charge >= 0.3 is 0 Å². The van der Waals surface area contributed by atoms with Crippen molar-refractivity contribution in [2.75, 3.05) is 19.7 Å². The molecule has 0 aromatic heterocycles. The Labute approximate surface area is 147 Å². The lowest BCUT2D eigenvalue weighted by atomic mass is 10.2. The van der Waals surface area contributed by atoms with Gasteiger partial charge in [-0.15, -0.1) is 0 Å². The first-order valence-electron chi connectivity index (χ1n) is 8.41. The molecule has 1 aliphatic rings. The average molecular weight is 335 g/mol. The molecule has 0 spiro atoms. The van der Waals surface area contributed by atoms with Gasteiger partial charge in [-0.1, -0.05) is 36.4 Å². The zero-order valence-electron chi connectivity index (χ0n) is 14.0. The summed E-state index contributed by atoms with van der Waals surface area (Å²) in [5.74, 6) is 0.403. The molecule has 0 aliphatic carbocycles. The van der Waals surface area contributed by atoms with Crippen molar-refractivity contribution in [1.82, 2.24) is 10.2 Å². The van der Waals surface area contributed by atoms with Gasteiger partial charge in [0.15, 0.2) is 6.61 Å². The molecule has 1 aliphatic heterocycles. The van der Waals surface area contributed by atoms with Crippen LogP contribution in [0.1, 0.15) is 17.5 Å². The molecule has 5 nitrogen and oxygen atoms in total. The minimum absolute atomic E-state index is 0.0376. The Morgan fingerprint density at radius 1 is 1.24 bits per heavy atom. The van der Waals surface area contributed by atoms with Crippen molar-refractivity contribution in [1.29, 1.82) is 5.26 Å². The maximum absolute atomic E-state index is 12.1. The first-order chi connectivity index (χ1) is 12.2. The van der Waals surface area contributed by atoms with Gasteiger partial charge < -0.3 is 10.1 Å². The summed E-state index contributed by atoms with van der Waals surface area (Å²) in [6, 6.07) is 19.4. The molecule has 1 unspecified atom stereocenters. The van der Waals surface area contributed by atoms with E-state index in [1.807, 2.05) is 18.2 Å². The molecule has 1 amide bonds. The minimum Gasteiger partial charge on any atom is -0.484 e. The van der Waals surface area contributed by atoms with Gasteiger partial charge in [0, 0.05) is 25.7 Å². The number of nitrogens with zero attached hydrogens (tertiary/aromatic N) is 2. The van der Waals surface area contributed by atoms with Crippen molar-refractivity contribution >= 4 is 5.91 Å². The number of ether oxygens (including phenoxy) is 1. The molecule has 25 heavy (non-hydrogen) atoms. The number of hydrogen-bond acceptors (Lipinski definition) is 4. The van der Waals surface area contributed by atoms with Gasteiger partial charge in [0.25, 0.3) is 5.91 Å². The molecular weight excluding hydrogens is 314 g/mol. The van der Waals surface area contributed by atoms with E-state index in [9.17, 15) is 4.79 Å². The Bertz CT molecular complexity index is 755. The zero-order chi connectivity index (χ0) is 17.5. The third-order valence-corrected chi connectivity index (χ3v) is 4.22. The highest BCUT2D eigenvalue weighted by Gasteiger charge is 2.23. The van der Waals surface area contributed by atoms with E-state index in [1.54, 1.807) is 24.3 Å². The fourth-order valence-corrected chi connectivity index (χ4v) is 3.01. The Balaban J connectivity index is 1.42. The third-order valence-electron chi connectivity index (χ3n) is 4.22. The molecule has 1 saturated heterocycles. The number of benzene rings is 2. The Morgan fingerprint density at radius 2 is 2.08 bits per heavy atom. The molecule has 0 radical (unpaired) electrons. The predicted molar refractivity (Wildman–Crippen MR) is 94.9 cm³/mol. The first kappa shape index (κ1) is 17.0. The van der Waals surface area contributed by atoms with Gasteiger partial charge in [-0.05, 0) is 30.2 Å². The SMILES string of the molecule is N#Cc1cccc(OCC(=O)NC2CCN(Cc3ccccc3)C2)c1. The van der Waals surface area contributed by atoms with Crippen LogP contribution in [0.25, 0.3) is 0 Å². The third kappa shape index (κ3) is 5.07. The van der Waals surface area contributed by atoms with Gasteiger partial charge in [0.2, 0.25) is 0 Å². The first-order valence-corrected chi connectivity index (χ1v) is 8.41. The van der Waals surface area contributed by atoms with Gasteiger partial charge in [-0.3, -0.25) is 9.69 Å². The molecule has 1 fully saturated rings. The van der Waals surface area contributed by atoms with Gasteiger partial charge in [0.05, 0.1) is 11.6 Å². The number of nitriles is 1. The molecule has 0 bridgehead atoms. The summed E-state index contributed by atoms with van der Waals surface area (Å²) in [4.78, 5) is 14.4. The van der Waals surface area contributed by atoms with Crippen LogP contribution in [0.5, 0.6) is 5.75 Å². The number of carbonyl (C=O) groups is 1. The molecular formula is C20H21N3O2. The molecule has 1 N–H and O–H groups in total. The van der Waals surface area contributed by atoms with Crippen LogP contribution in [0.2, 0.25) is 0 Å². The standard InChI is InChI=1S/C20H21N3O2/c21-12-17-7-4-8-19(11-17)25-15-20(24)22-18-9-10-23(14-18)13-16-5-2-1-3-6-16/h1-8,11,18H,9-10,13-15H2,(H,22,24). The number of rotatable bonds is 6. The van der Waals surface area contributed by atoms with Crippen LogP contribution in [0, 0.1) is 11.3 Å². The van der Waals surface area contributed by atoms with Crippen molar-refractivity contribution in [3.05, 3.63) is 65.7 Å².